The van der Waals surface area contributed by atoms with E-state index in [2.05, 4.69) is 27.8 Å². The molecular weight excluding hydrogens is 281 g/mol. The van der Waals surface area contributed by atoms with Gasteiger partial charge in [-0.05, 0) is 31.9 Å². The lowest BCUT2D eigenvalue weighted by molar-refractivity contribution is 0.599. The summed E-state index contributed by atoms with van der Waals surface area (Å²) in [5, 5.41) is 0.582. The number of alkyl halides is 1. The number of benzene rings is 1. The molecule has 0 N–H and O–H groups in total. The van der Waals surface area contributed by atoms with Gasteiger partial charge in [-0.3, -0.25) is 0 Å². The average molecular weight is 300 g/mol. The molecule has 0 saturated carbocycles. The molecule has 1 atom stereocenters. The summed E-state index contributed by atoms with van der Waals surface area (Å²) in [6, 6.07) is 5.91. The van der Waals surface area contributed by atoms with Gasteiger partial charge in [0, 0.05) is 29.2 Å². The topological polar surface area (TPSA) is 3.24 Å². The summed E-state index contributed by atoms with van der Waals surface area (Å²) in [6.45, 7) is 3.29. The van der Waals surface area contributed by atoms with E-state index in [1.165, 1.54) is 25.7 Å². The van der Waals surface area contributed by atoms with Crippen molar-refractivity contribution in [2.75, 3.05) is 11.4 Å². The zero-order valence-electron chi connectivity index (χ0n) is 10.3. The standard InChI is InChI=1S/C14H19BrFN/c1-11-6-3-2-4-9-17(11)14-8-5-7-13(16)12(14)10-15/h5,7-8,11H,2-4,6,9-10H2,1H3. The van der Waals surface area contributed by atoms with Gasteiger partial charge < -0.3 is 4.90 Å². The molecule has 2 rings (SSSR count). The second-order valence-corrected chi connectivity index (χ2v) is 5.32. The van der Waals surface area contributed by atoms with E-state index in [-0.39, 0.29) is 5.82 Å². The second kappa shape index (κ2) is 5.85. The van der Waals surface area contributed by atoms with Gasteiger partial charge >= 0.3 is 0 Å². The Morgan fingerprint density at radius 3 is 2.94 bits per heavy atom. The van der Waals surface area contributed by atoms with Crippen molar-refractivity contribution in [3.8, 4) is 0 Å². The third-order valence-electron chi connectivity index (χ3n) is 3.59. The van der Waals surface area contributed by atoms with Crippen molar-refractivity contribution < 1.29 is 4.39 Å². The Labute approximate surface area is 111 Å². The molecule has 3 heteroatoms. The molecule has 1 aromatic carbocycles. The van der Waals surface area contributed by atoms with Crippen LogP contribution < -0.4 is 4.90 Å². The zero-order valence-corrected chi connectivity index (χ0v) is 11.8. The van der Waals surface area contributed by atoms with E-state index in [1.54, 1.807) is 6.07 Å². The van der Waals surface area contributed by atoms with Crippen LogP contribution in [-0.4, -0.2) is 12.6 Å². The molecule has 0 spiro atoms. The van der Waals surface area contributed by atoms with E-state index in [9.17, 15) is 4.39 Å². The van der Waals surface area contributed by atoms with Crippen molar-refractivity contribution in [2.24, 2.45) is 0 Å². The van der Waals surface area contributed by atoms with Crippen LogP contribution in [0, 0.1) is 5.82 Å². The van der Waals surface area contributed by atoms with Gasteiger partial charge in [-0.1, -0.05) is 34.8 Å². The van der Waals surface area contributed by atoms with Crippen LogP contribution in [0.3, 0.4) is 0 Å². The van der Waals surface area contributed by atoms with Gasteiger partial charge in [0.25, 0.3) is 0 Å². The van der Waals surface area contributed by atoms with Crippen molar-refractivity contribution in [3.05, 3.63) is 29.6 Å². The highest BCUT2D eigenvalue weighted by Crippen LogP contribution is 2.30. The molecule has 17 heavy (non-hydrogen) atoms. The van der Waals surface area contributed by atoms with Crippen molar-refractivity contribution in [3.63, 3.8) is 0 Å². The van der Waals surface area contributed by atoms with Gasteiger partial charge in [0.2, 0.25) is 0 Å². The van der Waals surface area contributed by atoms with Crippen LogP contribution in [0.25, 0.3) is 0 Å². The number of halogens is 2. The third-order valence-corrected chi connectivity index (χ3v) is 4.15. The first kappa shape index (κ1) is 12.9. The van der Waals surface area contributed by atoms with Crippen molar-refractivity contribution in [1.82, 2.24) is 0 Å². The maximum Gasteiger partial charge on any atom is 0.129 e. The van der Waals surface area contributed by atoms with Crippen LogP contribution in [0.15, 0.2) is 18.2 Å². The fourth-order valence-electron chi connectivity index (χ4n) is 2.58. The number of nitrogens with zero attached hydrogens (tertiary/aromatic N) is 1. The van der Waals surface area contributed by atoms with E-state index in [0.717, 1.165) is 17.8 Å². The van der Waals surface area contributed by atoms with Crippen molar-refractivity contribution >= 4 is 21.6 Å². The van der Waals surface area contributed by atoms with E-state index >= 15 is 0 Å². The third kappa shape index (κ3) is 2.82. The van der Waals surface area contributed by atoms with Gasteiger partial charge in [-0.25, -0.2) is 4.39 Å². The quantitative estimate of drug-likeness (QED) is 0.727. The lowest BCUT2D eigenvalue weighted by Gasteiger charge is -2.31. The molecule has 1 unspecified atom stereocenters. The van der Waals surface area contributed by atoms with Crippen LogP contribution in [-0.2, 0) is 5.33 Å². The van der Waals surface area contributed by atoms with E-state index in [4.69, 9.17) is 0 Å². The predicted octanol–water partition coefficient (Wildman–Crippen LogP) is 4.49. The molecule has 1 nitrogen and oxygen atoms in total. The fourth-order valence-corrected chi connectivity index (χ4v) is 3.14. The number of rotatable bonds is 2. The van der Waals surface area contributed by atoms with Crippen LogP contribution in [0.5, 0.6) is 0 Å². The van der Waals surface area contributed by atoms with Gasteiger partial charge in [0.15, 0.2) is 0 Å². The van der Waals surface area contributed by atoms with Crippen LogP contribution in [0.1, 0.15) is 38.2 Å². The summed E-state index contributed by atoms with van der Waals surface area (Å²) in [6.07, 6.45) is 5.00. The van der Waals surface area contributed by atoms with Crippen LogP contribution >= 0.6 is 15.9 Å². The number of anilines is 1. The molecule has 1 heterocycles. The molecule has 1 aliphatic rings. The van der Waals surface area contributed by atoms with Crippen LogP contribution in [0.2, 0.25) is 0 Å². The van der Waals surface area contributed by atoms with Gasteiger partial charge in [0.1, 0.15) is 5.82 Å². The summed E-state index contributed by atoms with van der Waals surface area (Å²) < 4.78 is 13.8. The Kier molecular flexibility index (Phi) is 4.43. The van der Waals surface area contributed by atoms with Crippen LogP contribution in [0.4, 0.5) is 10.1 Å². The first-order chi connectivity index (χ1) is 8.24. The average Bonchev–Trinajstić information content (AvgIpc) is 2.53. The summed E-state index contributed by atoms with van der Waals surface area (Å²) >= 11 is 3.40. The Bertz CT molecular complexity index is 380. The summed E-state index contributed by atoms with van der Waals surface area (Å²) in [7, 11) is 0. The lowest BCUT2D eigenvalue weighted by Crippen LogP contribution is -2.33. The monoisotopic (exact) mass is 299 g/mol. The van der Waals surface area contributed by atoms with Gasteiger partial charge in [-0.15, -0.1) is 0 Å². The minimum absolute atomic E-state index is 0.101. The Hall–Kier alpha value is -0.570. The molecule has 94 valence electrons. The highest BCUT2D eigenvalue weighted by molar-refractivity contribution is 9.08. The molecular formula is C14H19BrFN. The largest absolute Gasteiger partial charge is 0.368 e. The maximum absolute atomic E-state index is 13.8. The first-order valence-electron chi connectivity index (χ1n) is 6.34. The van der Waals surface area contributed by atoms with Crippen molar-refractivity contribution in [1.29, 1.82) is 0 Å². The highest BCUT2D eigenvalue weighted by atomic mass is 79.9. The molecule has 0 bridgehead atoms. The summed E-state index contributed by atoms with van der Waals surface area (Å²) in [4.78, 5) is 2.37. The Morgan fingerprint density at radius 2 is 2.18 bits per heavy atom. The normalized spacial score (nSPS) is 21.4. The fraction of sp³-hybridized carbons (Fsp3) is 0.571. The van der Waals surface area contributed by atoms with Crippen molar-refractivity contribution in [2.45, 2.75) is 44.0 Å². The molecule has 1 fully saturated rings. The number of hydrogen-bond acceptors (Lipinski definition) is 1. The van der Waals surface area contributed by atoms with E-state index in [0.29, 0.717) is 11.4 Å². The van der Waals surface area contributed by atoms with Gasteiger partial charge in [0.05, 0.1) is 0 Å². The molecule has 0 aliphatic carbocycles. The summed E-state index contributed by atoms with van der Waals surface area (Å²) in [5.41, 5.74) is 1.86. The Balaban J connectivity index is 2.34. The smallest absolute Gasteiger partial charge is 0.129 e. The second-order valence-electron chi connectivity index (χ2n) is 4.76. The minimum Gasteiger partial charge on any atom is -0.368 e. The molecule has 0 amide bonds. The number of hydrogen-bond donors (Lipinski definition) is 0. The molecule has 1 aromatic rings. The SMILES string of the molecule is CC1CCCCCN1c1cccc(F)c1CBr. The predicted molar refractivity (Wildman–Crippen MR) is 74.3 cm³/mol. The molecule has 1 aliphatic heterocycles. The molecule has 0 aromatic heterocycles. The first-order valence-corrected chi connectivity index (χ1v) is 7.46. The minimum atomic E-state index is -0.101. The van der Waals surface area contributed by atoms with Gasteiger partial charge in [-0.2, -0.15) is 0 Å². The molecule has 1 saturated heterocycles. The molecule has 0 radical (unpaired) electrons. The highest BCUT2D eigenvalue weighted by Gasteiger charge is 2.20. The van der Waals surface area contributed by atoms with E-state index < -0.39 is 0 Å². The lowest BCUT2D eigenvalue weighted by atomic mass is 10.1. The summed E-state index contributed by atoms with van der Waals surface area (Å²) in [5.74, 6) is -0.101. The zero-order chi connectivity index (χ0) is 12.3. The Morgan fingerprint density at radius 1 is 1.35 bits per heavy atom. The van der Waals surface area contributed by atoms with E-state index in [1.807, 2.05) is 12.1 Å². The maximum atomic E-state index is 13.8.